The van der Waals surface area contributed by atoms with E-state index in [4.69, 9.17) is 0 Å². The molecule has 9 heteroatoms. The minimum atomic E-state index is -0.0428. The molecule has 3 aromatic heterocycles. The minimum Gasteiger partial charge on any atom is -0.277 e. The molecule has 25 heavy (non-hydrogen) atoms. The number of hydrogen-bond acceptors (Lipinski definition) is 6. The van der Waals surface area contributed by atoms with Gasteiger partial charge in [-0.1, -0.05) is 30.8 Å². The number of nitrogens with zero attached hydrogens (tertiary/aromatic N) is 6. The fourth-order valence-corrected chi connectivity index (χ4v) is 3.55. The van der Waals surface area contributed by atoms with E-state index in [0.717, 1.165) is 23.6 Å². The minimum absolute atomic E-state index is 0.0428. The molecule has 0 aliphatic rings. The number of thioether (sulfide) groups is 1. The van der Waals surface area contributed by atoms with Crippen LogP contribution in [0.3, 0.4) is 0 Å². The second-order valence-electron chi connectivity index (χ2n) is 5.53. The van der Waals surface area contributed by atoms with Gasteiger partial charge < -0.3 is 0 Å². The van der Waals surface area contributed by atoms with Crippen molar-refractivity contribution in [2.45, 2.75) is 37.7 Å². The topological polar surface area (TPSA) is 93.8 Å². The summed E-state index contributed by atoms with van der Waals surface area (Å²) >= 11 is 1.49. The lowest BCUT2D eigenvalue weighted by molar-refractivity contribution is 0.735. The summed E-state index contributed by atoms with van der Waals surface area (Å²) in [4.78, 5) is 17.1. The van der Waals surface area contributed by atoms with E-state index in [2.05, 4.69) is 25.4 Å². The Hall–Kier alpha value is -2.68. The SMILES string of the molecule is CCc1nc(SCc2nnc3n(CC)c(=O)c4ccccc4n23)n[nH]1. The fourth-order valence-electron chi connectivity index (χ4n) is 2.82. The molecule has 1 N–H and O–H groups in total. The van der Waals surface area contributed by atoms with Crippen LogP contribution in [0, 0.1) is 0 Å². The van der Waals surface area contributed by atoms with Gasteiger partial charge in [0.05, 0.1) is 16.7 Å². The number of rotatable bonds is 5. The van der Waals surface area contributed by atoms with Crippen molar-refractivity contribution in [2.75, 3.05) is 0 Å². The quantitative estimate of drug-likeness (QED) is 0.551. The maximum atomic E-state index is 12.7. The zero-order valence-corrected chi connectivity index (χ0v) is 14.7. The molecule has 0 amide bonds. The number of para-hydroxylation sites is 1. The predicted molar refractivity (Wildman–Crippen MR) is 95.7 cm³/mol. The fraction of sp³-hybridized carbons (Fsp3) is 0.312. The van der Waals surface area contributed by atoms with E-state index in [9.17, 15) is 4.79 Å². The third-order valence-corrected chi connectivity index (χ3v) is 4.91. The lowest BCUT2D eigenvalue weighted by atomic mass is 10.2. The van der Waals surface area contributed by atoms with Crippen LogP contribution < -0.4 is 5.56 Å². The van der Waals surface area contributed by atoms with Crippen LogP contribution in [0.25, 0.3) is 16.7 Å². The number of aromatic nitrogens is 7. The standard InChI is InChI=1S/C16H17N7OS/c1-3-12-17-15(20-18-12)25-9-13-19-21-16-22(4-2)14(24)10-7-5-6-8-11(10)23(13)16/h5-8H,3-4,9H2,1-2H3,(H,17,18,20). The van der Waals surface area contributed by atoms with E-state index in [1.54, 1.807) is 4.57 Å². The number of fused-ring (bicyclic) bond motifs is 3. The Bertz CT molecular complexity index is 1110. The van der Waals surface area contributed by atoms with Crippen molar-refractivity contribution in [1.29, 1.82) is 0 Å². The lowest BCUT2D eigenvalue weighted by Gasteiger charge is -2.09. The Morgan fingerprint density at radius 2 is 2.04 bits per heavy atom. The number of benzene rings is 1. The van der Waals surface area contributed by atoms with Crippen molar-refractivity contribution in [3.63, 3.8) is 0 Å². The lowest BCUT2D eigenvalue weighted by Crippen LogP contribution is -2.22. The number of aryl methyl sites for hydroxylation is 2. The molecule has 8 nitrogen and oxygen atoms in total. The molecule has 4 rings (SSSR count). The zero-order chi connectivity index (χ0) is 17.4. The Morgan fingerprint density at radius 1 is 1.20 bits per heavy atom. The van der Waals surface area contributed by atoms with E-state index in [-0.39, 0.29) is 5.56 Å². The van der Waals surface area contributed by atoms with Gasteiger partial charge in [0.1, 0.15) is 11.6 Å². The summed E-state index contributed by atoms with van der Waals surface area (Å²) in [6.07, 6.45) is 0.814. The Morgan fingerprint density at radius 3 is 2.80 bits per heavy atom. The molecule has 4 aromatic rings. The average Bonchev–Trinajstić information content (AvgIpc) is 3.27. The maximum absolute atomic E-state index is 12.7. The van der Waals surface area contributed by atoms with Crippen LogP contribution in [0.5, 0.6) is 0 Å². The summed E-state index contributed by atoms with van der Waals surface area (Å²) in [5, 5.41) is 17.0. The van der Waals surface area contributed by atoms with Gasteiger partial charge in [-0.15, -0.1) is 15.3 Å². The second kappa shape index (κ2) is 6.32. The first-order valence-electron chi connectivity index (χ1n) is 8.12. The van der Waals surface area contributed by atoms with Crippen molar-refractivity contribution in [1.82, 2.24) is 34.3 Å². The molecule has 1 aromatic carbocycles. The smallest absolute Gasteiger partial charge is 0.262 e. The first-order valence-corrected chi connectivity index (χ1v) is 9.11. The number of nitrogens with one attached hydrogen (secondary N) is 1. The normalized spacial score (nSPS) is 11.6. The third-order valence-electron chi connectivity index (χ3n) is 4.07. The van der Waals surface area contributed by atoms with Crippen molar-refractivity contribution < 1.29 is 0 Å². The number of aromatic amines is 1. The van der Waals surface area contributed by atoms with E-state index in [1.807, 2.05) is 42.5 Å². The first kappa shape index (κ1) is 15.8. The summed E-state index contributed by atoms with van der Waals surface area (Å²) in [6, 6.07) is 7.54. The molecule has 0 fully saturated rings. The van der Waals surface area contributed by atoms with Crippen LogP contribution in [-0.2, 0) is 18.7 Å². The van der Waals surface area contributed by atoms with Crippen LogP contribution >= 0.6 is 11.8 Å². The Balaban J connectivity index is 1.82. The molecular weight excluding hydrogens is 338 g/mol. The van der Waals surface area contributed by atoms with Crippen molar-refractivity contribution in [3.8, 4) is 0 Å². The molecule has 0 spiro atoms. The van der Waals surface area contributed by atoms with Crippen LogP contribution in [0.1, 0.15) is 25.5 Å². The molecular formula is C16H17N7OS. The van der Waals surface area contributed by atoms with Gasteiger partial charge in [-0.05, 0) is 19.1 Å². The summed E-state index contributed by atoms with van der Waals surface area (Å²) in [5.74, 6) is 2.75. The molecule has 3 heterocycles. The summed E-state index contributed by atoms with van der Waals surface area (Å²) in [5.41, 5.74) is 0.774. The molecule has 0 aliphatic carbocycles. The number of hydrogen-bond donors (Lipinski definition) is 1. The number of H-pyrrole nitrogens is 1. The average molecular weight is 355 g/mol. The largest absolute Gasteiger partial charge is 0.277 e. The van der Waals surface area contributed by atoms with Gasteiger partial charge in [-0.25, -0.2) is 4.98 Å². The molecule has 0 aliphatic heterocycles. The van der Waals surface area contributed by atoms with E-state index >= 15 is 0 Å². The second-order valence-corrected chi connectivity index (χ2v) is 6.47. The molecule has 0 radical (unpaired) electrons. The highest BCUT2D eigenvalue weighted by molar-refractivity contribution is 7.98. The van der Waals surface area contributed by atoms with Gasteiger partial charge in [0, 0.05) is 13.0 Å². The molecule has 0 atom stereocenters. The summed E-state index contributed by atoms with van der Waals surface area (Å²) in [6.45, 7) is 4.50. The predicted octanol–water partition coefficient (Wildman–Crippen LogP) is 2.04. The van der Waals surface area contributed by atoms with Crippen molar-refractivity contribution in [3.05, 3.63) is 46.3 Å². The van der Waals surface area contributed by atoms with E-state index in [0.29, 0.717) is 28.6 Å². The summed E-state index contributed by atoms with van der Waals surface area (Å²) < 4.78 is 3.59. The molecule has 0 saturated heterocycles. The summed E-state index contributed by atoms with van der Waals surface area (Å²) in [7, 11) is 0. The van der Waals surface area contributed by atoms with Gasteiger partial charge in [-0.2, -0.15) is 0 Å². The molecule has 128 valence electrons. The van der Waals surface area contributed by atoms with Crippen LogP contribution in [-0.4, -0.2) is 34.3 Å². The maximum Gasteiger partial charge on any atom is 0.262 e. The van der Waals surface area contributed by atoms with Crippen LogP contribution in [0.4, 0.5) is 0 Å². The van der Waals surface area contributed by atoms with Crippen LogP contribution in [0.2, 0.25) is 0 Å². The first-order chi connectivity index (χ1) is 12.2. The zero-order valence-electron chi connectivity index (χ0n) is 13.9. The van der Waals surface area contributed by atoms with Crippen molar-refractivity contribution >= 4 is 28.4 Å². The molecule has 0 saturated carbocycles. The Kier molecular flexibility index (Phi) is 4.00. The van der Waals surface area contributed by atoms with E-state index < -0.39 is 0 Å². The highest BCUT2D eigenvalue weighted by Crippen LogP contribution is 2.21. The van der Waals surface area contributed by atoms with Gasteiger partial charge in [-0.3, -0.25) is 18.9 Å². The third kappa shape index (κ3) is 2.60. The highest BCUT2D eigenvalue weighted by Gasteiger charge is 2.16. The monoisotopic (exact) mass is 355 g/mol. The van der Waals surface area contributed by atoms with Crippen molar-refractivity contribution in [2.24, 2.45) is 0 Å². The molecule has 0 unspecified atom stereocenters. The van der Waals surface area contributed by atoms with Gasteiger partial charge in [0.15, 0.2) is 0 Å². The highest BCUT2D eigenvalue weighted by atomic mass is 32.2. The van der Waals surface area contributed by atoms with Gasteiger partial charge in [0.2, 0.25) is 10.9 Å². The van der Waals surface area contributed by atoms with Gasteiger partial charge in [0.25, 0.3) is 5.56 Å². The van der Waals surface area contributed by atoms with Gasteiger partial charge >= 0.3 is 0 Å². The van der Waals surface area contributed by atoms with E-state index in [1.165, 1.54) is 11.8 Å². The van der Waals surface area contributed by atoms with Crippen LogP contribution in [0.15, 0.2) is 34.2 Å². The molecule has 0 bridgehead atoms. The Labute approximate surface area is 147 Å².